The summed E-state index contributed by atoms with van der Waals surface area (Å²) in [5.41, 5.74) is 2.05. The summed E-state index contributed by atoms with van der Waals surface area (Å²) < 4.78 is 0. The number of amides is 2. The molecule has 0 atom stereocenters. The van der Waals surface area contributed by atoms with Crippen LogP contribution in [0.15, 0.2) is 24.3 Å². The van der Waals surface area contributed by atoms with Crippen LogP contribution in [0.3, 0.4) is 0 Å². The molecule has 0 unspecified atom stereocenters. The lowest BCUT2D eigenvalue weighted by atomic mass is 10.1. The highest BCUT2D eigenvalue weighted by molar-refractivity contribution is 5.89. The van der Waals surface area contributed by atoms with Gasteiger partial charge < -0.3 is 16.0 Å². The van der Waals surface area contributed by atoms with Gasteiger partial charge >= 0.3 is 6.03 Å². The van der Waals surface area contributed by atoms with E-state index in [4.69, 9.17) is 0 Å². The summed E-state index contributed by atoms with van der Waals surface area (Å²) in [5, 5.41) is 8.55. The molecule has 0 bridgehead atoms. The fourth-order valence-corrected chi connectivity index (χ4v) is 1.67. The first-order valence-corrected chi connectivity index (χ1v) is 7.96. The Labute approximate surface area is 129 Å². The Kier molecular flexibility index (Phi) is 12.4. The molecule has 1 aromatic rings. The zero-order valence-corrected chi connectivity index (χ0v) is 14.0. The van der Waals surface area contributed by atoms with Crippen LogP contribution in [-0.4, -0.2) is 26.2 Å². The van der Waals surface area contributed by atoms with Crippen molar-refractivity contribution in [1.29, 1.82) is 0 Å². The standard InChI is InChI=1S/C10H14N2O.C7H17N/c1-3-8-5-4-6-9(7-8)12-10(13)11-2;1-3-5-7-8-6-4-2/h4-7H,3H2,1-2H3,(H2,11,12,13);8H,3-7H2,1-2H3. The predicted molar refractivity (Wildman–Crippen MR) is 92.0 cm³/mol. The van der Waals surface area contributed by atoms with Gasteiger partial charge in [-0.2, -0.15) is 0 Å². The normalized spacial score (nSPS) is 9.52. The van der Waals surface area contributed by atoms with Gasteiger partial charge in [0.25, 0.3) is 0 Å². The molecular formula is C17H31N3O. The molecule has 4 heteroatoms. The molecule has 0 aliphatic carbocycles. The number of urea groups is 1. The SMILES string of the molecule is CCCCNCCC.CCc1cccc(NC(=O)NC)c1. The van der Waals surface area contributed by atoms with E-state index in [9.17, 15) is 4.79 Å². The molecular weight excluding hydrogens is 262 g/mol. The molecule has 3 N–H and O–H groups in total. The van der Waals surface area contributed by atoms with Crippen molar-refractivity contribution in [2.24, 2.45) is 0 Å². The van der Waals surface area contributed by atoms with Gasteiger partial charge in [0.05, 0.1) is 0 Å². The molecule has 21 heavy (non-hydrogen) atoms. The van der Waals surface area contributed by atoms with E-state index < -0.39 is 0 Å². The Hall–Kier alpha value is -1.55. The molecule has 4 nitrogen and oxygen atoms in total. The van der Waals surface area contributed by atoms with Gasteiger partial charge in [-0.25, -0.2) is 4.79 Å². The smallest absolute Gasteiger partial charge is 0.318 e. The largest absolute Gasteiger partial charge is 0.341 e. The second-order valence-electron chi connectivity index (χ2n) is 4.86. The number of carbonyl (C=O) groups excluding carboxylic acids is 1. The lowest BCUT2D eigenvalue weighted by Crippen LogP contribution is -2.24. The Bertz CT molecular complexity index is 374. The van der Waals surface area contributed by atoms with Crippen LogP contribution in [0.4, 0.5) is 10.5 Å². The molecule has 0 heterocycles. The first kappa shape index (κ1) is 19.4. The monoisotopic (exact) mass is 293 g/mol. The van der Waals surface area contributed by atoms with Gasteiger partial charge in [-0.15, -0.1) is 0 Å². The maximum Gasteiger partial charge on any atom is 0.318 e. The number of anilines is 1. The average Bonchev–Trinajstić information content (AvgIpc) is 2.52. The zero-order chi connectivity index (χ0) is 15.9. The van der Waals surface area contributed by atoms with E-state index in [0.717, 1.165) is 12.1 Å². The third-order valence-electron chi connectivity index (χ3n) is 2.95. The van der Waals surface area contributed by atoms with Crippen molar-refractivity contribution in [3.05, 3.63) is 29.8 Å². The lowest BCUT2D eigenvalue weighted by Gasteiger charge is -2.05. The van der Waals surface area contributed by atoms with Crippen molar-refractivity contribution >= 4 is 11.7 Å². The maximum atomic E-state index is 11.0. The molecule has 120 valence electrons. The Morgan fingerprint density at radius 3 is 2.43 bits per heavy atom. The summed E-state index contributed by atoms with van der Waals surface area (Å²) in [4.78, 5) is 11.0. The summed E-state index contributed by atoms with van der Waals surface area (Å²) in [7, 11) is 1.60. The summed E-state index contributed by atoms with van der Waals surface area (Å²) in [5.74, 6) is 0. The zero-order valence-electron chi connectivity index (χ0n) is 14.0. The molecule has 0 aromatic heterocycles. The van der Waals surface area contributed by atoms with Gasteiger partial charge in [-0.05, 0) is 50.0 Å². The summed E-state index contributed by atoms with van der Waals surface area (Å²) in [6.07, 6.45) is 4.85. The van der Waals surface area contributed by atoms with E-state index in [0.29, 0.717) is 0 Å². The topological polar surface area (TPSA) is 53.2 Å². The second-order valence-corrected chi connectivity index (χ2v) is 4.86. The van der Waals surface area contributed by atoms with Crippen molar-refractivity contribution in [2.75, 3.05) is 25.5 Å². The highest BCUT2D eigenvalue weighted by Gasteiger charge is 1.97. The third-order valence-corrected chi connectivity index (χ3v) is 2.95. The second kappa shape index (κ2) is 13.4. The molecule has 0 aliphatic rings. The van der Waals surface area contributed by atoms with Crippen LogP contribution >= 0.6 is 0 Å². The quantitative estimate of drug-likeness (QED) is 0.670. The van der Waals surface area contributed by atoms with Gasteiger partial charge in [-0.3, -0.25) is 0 Å². The summed E-state index contributed by atoms with van der Waals surface area (Å²) in [6, 6.07) is 7.62. The van der Waals surface area contributed by atoms with E-state index in [1.807, 2.05) is 24.3 Å². The summed E-state index contributed by atoms with van der Waals surface area (Å²) >= 11 is 0. The van der Waals surface area contributed by atoms with Crippen LogP contribution in [-0.2, 0) is 6.42 Å². The number of unbranched alkanes of at least 4 members (excludes halogenated alkanes) is 1. The number of carbonyl (C=O) groups is 1. The van der Waals surface area contributed by atoms with E-state index in [1.165, 1.54) is 37.9 Å². The van der Waals surface area contributed by atoms with E-state index in [2.05, 4.69) is 36.7 Å². The van der Waals surface area contributed by atoms with Crippen LogP contribution < -0.4 is 16.0 Å². The van der Waals surface area contributed by atoms with Gasteiger partial charge in [0.15, 0.2) is 0 Å². The highest BCUT2D eigenvalue weighted by atomic mass is 16.2. The molecule has 1 rings (SSSR count). The van der Waals surface area contributed by atoms with Crippen LogP contribution in [0.5, 0.6) is 0 Å². The van der Waals surface area contributed by atoms with Crippen LogP contribution in [0, 0.1) is 0 Å². The van der Waals surface area contributed by atoms with Crippen LogP contribution in [0.25, 0.3) is 0 Å². The summed E-state index contributed by atoms with van der Waals surface area (Å²) in [6.45, 7) is 8.87. The first-order chi connectivity index (χ1) is 10.2. The van der Waals surface area contributed by atoms with Crippen LogP contribution in [0.1, 0.15) is 45.6 Å². The highest BCUT2D eigenvalue weighted by Crippen LogP contribution is 2.10. The minimum atomic E-state index is -0.187. The molecule has 0 spiro atoms. The van der Waals surface area contributed by atoms with Crippen molar-refractivity contribution in [3.8, 4) is 0 Å². The van der Waals surface area contributed by atoms with Crippen molar-refractivity contribution in [1.82, 2.24) is 10.6 Å². The number of aryl methyl sites for hydroxylation is 1. The first-order valence-electron chi connectivity index (χ1n) is 7.96. The molecule has 1 aromatic carbocycles. The van der Waals surface area contributed by atoms with Crippen molar-refractivity contribution < 1.29 is 4.79 Å². The van der Waals surface area contributed by atoms with Gasteiger partial charge in [0.1, 0.15) is 0 Å². The van der Waals surface area contributed by atoms with Gasteiger partial charge in [0.2, 0.25) is 0 Å². The molecule has 2 amide bonds. The van der Waals surface area contributed by atoms with E-state index in [1.54, 1.807) is 7.05 Å². The van der Waals surface area contributed by atoms with Crippen LogP contribution in [0.2, 0.25) is 0 Å². The number of nitrogens with one attached hydrogen (secondary N) is 3. The Balaban J connectivity index is 0.000000433. The van der Waals surface area contributed by atoms with Crippen molar-refractivity contribution in [3.63, 3.8) is 0 Å². The number of hydrogen-bond donors (Lipinski definition) is 3. The molecule has 0 saturated heterocycles. The Morgan fingerprint density at radius 1 is 1.10 bits per heavy atom. The molecule has 0 radical (unpaired) electrons. The Morgan fingerprint density at radius 2 is 1.86 bits per heavy atom. The minimum Gasteiger partial charge on any atom is -0.341 e. The van der Waals surface area contributed by atoms with Gasteiger partial charge in [-0.1, -0.05) is 39.3 Å². The van der Waals surface area contributed by atoms with E-state index >= 15 is 0 Å². The molecule has 0 fully saturated rings. The van der Waals surface area contributed by atoms with Gasteiger partial charge in [0, 0.05) is 12.7 Å². The molecule has 0 aliphatic heterocycles. The maximum absolute atomic E-state index is 11.0. The minimum absolute atomic E-state index is 0.187. The average molecular weight is 293 g/mol. The number of hydrogen-bond acceptors (Lipinski definition) is 2. The van der Waals surface area contributed by atoms with E-state index in [-0.39, 0.29) is 6.03 Å². The third kappa shape index (κ3) is 10.9. The fourth-order valence-electron chi connectivity index (χ4n) is 1.67. The molecule has 0 saturated carbocycles. The lowest BCUT2D eigenvalue weighted by molar-refractivity contribution is 0.254. The number of rotatable bonds is 7. The number of benzene rings is 1. The fraction of sp³-hybridized carbons (Fsp3) is 0.588. The predicted octanol–water partition coefficient (Wildman–Crippen LogP) is 3.79. The van der Waals surface area contributed by atoms with Crippen molar-refractivity contribution in [2.45, 2.75) is 46.5 Å².